The second kappa shape index (κ2) is 11.0. The second-order valence-electron chi connectivity index (χ2n) is 7.36. The van der Waals surface area contributed by atoms with Crippen molar-refractivity contribution < 1.29 is 14.0 Å². The van der Waals surface area contributed by atoms with Gasteiger partial charge in [0.05, 0.1) is 0 Å². The summed E-state index contributed by atoms with van der Waals surface area (Å²) < 4.78 is 14.2. The summed E-state index contributed by atoms with van der Waals surface area (Å²) in [7, 11) is 0. The third-order valence-electron chi connectivity index (χ3n) is 4.50. The zero-order chi connectivity index (χ0) is 21.4. The Balaban J connectivity index is 2.07. The van der Waals surface area contributed by atoms with Crippen LogP contribution in [0.4, 0.5) is 4.39 Å². The van der Waals surface area contributed by atoms with Crippen LogP contribution in [-0.4, -0.2) is 34.6 Å². The molecule has 0 heterocycles. The molecule has 2 aromatic carbocycles. The van der Waals surface area contributed by atoms with Crippen LogP contribution < -0.4 is 5.32 Å². The molecule has 156 valence electrons. The maximum Gasteiger partial charge on any atom is 0.242 e. The molecule has 1 atom stereocenters. The van der Waals surface area contributed by atoms with Gasteiger partial charge in [0, 0.05) is 35.2 Å². The molecule has 2 aromatic rings. The fourth-order valence-electron chi connectivity index (χ4n) is 2.83. The Kier molecular flexibility index (Phi) is 8.70. The van der Waals surface area contributed by atoms with Crippen molar-refractivity contribution >= 4 is 23.6 Å². The molecule has 29 heavy (non-hydrogen) atoms. The maximum atomic E-state index is 14.2. The molecule has 0 saturated heterocycles. The van der Waals surface area contributed by atoms with Crippen LogP contribution in [0.1, 0.15) is 38.3 Å². The lowest BCUT2D eigenvalue weighted by atomic mass is 10.1. The highest BCUT2D eigenvalue weighted by molar-refractivity contribution is 7.99. The monoisotopic (exact) mass is 416 g/mol. The van der Waals surface area contributed by atoms with E-state index >= 15 is 0 Å². The number of nitrogens with zero attached hydrogens (tertiary/aromatic N) is 1. The van der Waals surface area contributed by atoms with Gasteiger partial charge >= 0.3 is 0 Å². The molecule has 0 aliphatic heterocycles. The molecule has 1 N–H and O–H groups in total. The molecule has 0 spiro atoms. The Morgan fingerprint density at radius 1 is 1.07 bits per heavy atom. The topological polar surface area (TPSA) is 49.4 Å². The largest absolute Gasteiger partial charge is 0.352 e. The van der Waals surface area contributed by atoms with Crippen molar-refractivity contribution in [1.29, 1.82) is 0 Å². The van der Waals surface area contributed by atoms with Gasteiger partial charge < -0.3 is 10.2 Å². The van der Waals surface area contributed by atoms with Crippen LogP contribution in [0.3, 0.4) is 0 Å². The molecule has 0 saturated carbocycles. The summed E-state index contributed by atoms with van der Waals surface area (Å²) in [6.45, 7) is 7.51. The molecular weight excluding hydrogens is 387 g/mol. The number of thioether (sulfide) groups is 1. The molecule has 2 rings (SSSR count). The molecular formula is C23H29FN2O2S. The van der Waals surface area contributed by atoms with E-state index in [-0.39, 0.29) is 36.6 Å². The van der Waals surface area contributed by atoms with Crippen molar-refractivity contribution in [3.05, 3.63) is 65.5 Å². The number of amides is 2. The Morgan fingerprint density at radius 3 is 2.34 bits per heavy atom. The lowest BCUT2D eigenvalue weighted by molar-refractivity contribution is -0.140. The lowest BCUT2D eigenvalue weighted by Gasteiger charge is -2.29. The normalized spacial score (nSPS) is 11.9. The first-order valence-electron chi connectivity index (χ1n) is 9.80. The van der Waals surface area contributed by atoms with Crippen LogP contribution >= 0.6 is 11.8 Å². The van der Waals surface area contributed by atoms with Gasteiger partial charge in [-0.2, -0.15) is 0 Å². The highest BCUT2D eigenvalue weighted by Gasteiger charge is 2.26. The van der Waals surface area contributed by atoms with Gasteiger partial charge in [-0.1, -0.05) is 35.9 Å². The van der Waals surface area contributed by atoms with Gasteiger partial charge in [0.25, 0.3) is 0 Å². The van der Waals surface area contributed by atoms with Crippen LogP contribution in [0.25, 0.3) is 0 Å². The summed E-state index contributed by atoms with van der Waals surface area (Å²) in [6, 6.07) is 13.8. The van der Waals surface area contributed by atoms with E-state index in [9.17, 15) is 14.0 Å². The van der Waals surface area contributed by atoms with Gasteiger partial charge in [-0.05, 0) is 45.9 Å². The Labute approximate surface area is 176 Å². The van der Waals surface area contributed by atoms with E-state index in [2.05, 4.69) is 5.32 Å². The van der Waals surface area contributed by atoms with Gasteiger partial charge in [0.15, 0.2) is 0 Å². The number of hydrogen-bond donors (Lipinski definition) is 1. The molecule has 0 unspecified atom stereocenters. The van der Waals surface area contributed by atoms with Gasteiger partial charge in [-0.15, -0.1) is 11.8 Å². The quantitative estimate of drug-likeness (QED) is 0.610. The summed E-state index contributed by atoms with van der Waals surface area (Å²) in [4.78, 5) is 28.0. The lowest BCUT2D eigenvalue weighted by Crippen LogP contribution is -2.49. The molecule has 0 aliphatic carbocycles. The first kappa shape index (κ1) is 22.9. The highest BCUT2D eigenvalue weighted by Crippen LogP contribution is 2.21. The van der Waals surface area contributed by atoms with E-state index in [1.165, 1.54) is 16.5 Å². The summed E-state index contributed by atoms with van der Waals surface area (Å²) in [5.41, 5.74) is 1.59. The molecule has 6 heteroatoms. The number of carbonyl (C=O) groups excluding carboxylic acids is 2. The third kappa shape index (κ3) is 7.20. The summed E-state index contributed by atoms with van der Waals surface area (Å²) in [6.07, 6.45) is 0.270. The Bertz CT molecular complexity index is 824. The van der Waals surface area contributed by atoms with Crippen LogP contribution in [0.2, 0.25) is 0 Å². The van der Waals surface area contributed by atoms with E-state index in [1.807, 2.05) is 45.0 Å². The molecule has 0 fully saturated rings. The second-order valence-corrected chi connectivity index (χ2v) is 8.53. The Hall–Kier alpha value is -2.34. The van der Waals surface area contributed by atoms with Gasteiger partial charge in [0.2, 0.25) is 11.8 Å². The van der Waals surface area contributed by atoms with Crippen LogP contribution in [0, 0.1) is 12.7 Å². The molecule has 0 radical (unpaired) electrons. The van der Waals surface area contributed by atoms with E-state index in [0.717, 1.165) is 4.90 Å². The number of hydrogen-bond acceptors (Lipinski definition) is 3. The van der Waals surface area contributed by atoms with Crippen molar-refractivity contribution in [2.75, 3.05) is 5.75 Å². The van der Waals surface area contributed by atoms with Crippen LogP contribution in [0.5, 0.6) is 0 Å². The fourth-order valence-corrected chi connectivity index (χ4v) is 3.67. The number of benzene rings is 2. The standard InChI is InChI=1S/C23H29FN2O2S/c1-16(2)25-23(28)18(4)26(15-19-7-5-6-8-21(19)24)22(27)13-14-29-20-11-9-17(3)10-12-20/h5-12,16,18H,13-15H2,1-4H3,(H,25,28)/t18-/m1/s1. The third-order valence-corrected chi connectivity index (χ3v) is 5.52. The van der Waals surface area contributed by atoms with Crippen molar-refractivity contribution in [2.45, 2.75) is 57.6 Å². The maximum absolute atomic E-state index is 14.2. The van der Waals surface area contributed by atoms with E-state index < -0.39 is 6.04 Å². The molecule has 0 bridgehead atoms. The zero-order valence-corrected chi connectivity index (χ0v) is 18.3. The van der Waals surface area contributed by atoms with E-state index in [1.54, 1.807) is 36.9 Å². The zero-order valence-electron chi connectivity index (χ0n) is 17.4. The van der Waals surface area contributed by atoms with Gasteiger partial charge in [0.1, 0.15) is 11.9 Å². The molecule has 0 aromatic heterocycles. The summed E-state index contributed by atoms with van der Waals surface area (Å²) in [5.74, 6) is -0.195. The average Bonchev–Trinajstić information content (AvgIpc) is 2.67. The predicted octanol–water partition coefficient (Wildman–Crippen LogP) is 4.56. The number of carbonyl (C=O) groups is 2. The molecule has 4 nitrogen and oxygen atoms in total. The number of halogens is 1. The smallest absolute Gasteiger partial charge is 0.242 e. The number of rotatable bonds is 9. The first-order valence-corrected chi connectivity index (χ1v) is 10.8. The molecule has 0 aliphatic rings. The highest BCUT2D eigenvalue weighted by atomic mass is 32.2. The van der Waals surface area contributed by atoms with E-state index in [4.69, 9.17) is 0 Å². The van der Waals surface area contributed by atoms with Crippen molar-refractivity contribution in [2.24, 2.45) is 0 Å². The summed E-state index contributed by atoms with van der Waals surface area (Å²) in [5, 5.41) is 2.83. The van der Waals surface area contributed by atoms with Crippen molar-refractivity contribution in [1.82, 2.24) is 10.2 Å². The van der Waals surface area contributed by atoms with Gasteiger partial charge in [-0.3, -0.25) is 9.59 Å². The first-order chi connectivity index (χ1) is 13.8. The number of aryl methyl sites for hydroxylation is 1. The SMILES string of the molecule is Cc1ccc(SCCC(=O)N(Cc2ccccc2F)[C@H](C)C(=O)NC(C)C)cc1. The molecule has 2 amide bonds. The minimum atomic E-state index is -0.686. The average molecular weight is 417 g/mol. The fraction of sp³-hybridized carbons (Fsp3) is 0.391. The van der Waals surface area contributed by atoms with Crippen molar-refractivity contribution in [3.8, 4) is 0 Å². The summed E-state index contributed by atoms with van der Waals surface area (Å²) >= 11 is 1.59. The Morgan fingerprint density at radius 2 is 1.72 bits per heavy atom. The van der Waals surface area contributed by atoms with Crippen molar-refractivity contribution in [3.63, 3.8) is 0 Å². The minimum absolute atomic E-state index is 0.0348. The van der Waals surface area contributed by atoms with Crippen LogP contribution in [-0.2, 0) is 16.1 Å². The van der Waals surface area contributed by atoms with Gasteiger partial charge in [-0.25, -0.2) is 4.39 Å². The minimum Gasteiger partial charge on any atom is -0.352 e. The predicted molar refractivity (Wildman–Crippen MR) is 116 cm³/mol. The van der Waals surface area contributed by atoms with Crippen LogP contribution in [0.15, 0.2) is 53.4 Å². The number of nitrogens with one attached hydrogen (secondary N) is 1. The van der Waals surface area contributed by atoms with E-state index in [0.29, 0.717) is 11.3 Å².